The fourth-order valence-corrected chi connectivity index (χ4v) is 4.88. The largest absolute Gasteiger partial charge is 0.489 e. The predicted molar refractivity (Wildman–Crippen MR) is 143 cm³/mol. The van der Waals surface area contributed by atoms with Crippen LogP contribution >= 0.6 is 24.0 Å². The normalized spacial score (nSPS) is 18.3. The molecule has 0 aliphatic carbocycles. The van der Waals surface area contributed by atoms with E-state index in [0.717, 1.165) is 55.1 Å². The molecule has 2 saturated heterocycles. The Bertz CT molecular complexity index is 1170. The lowest BCUT2D eigenvalue weighted by Crippen LogP contribution is -2.52. The molecule has 0 bridgehead atoms. The van der Waals surface area contributed by atoms with Crippen LogP contribution in [0, 0.1) is 6.92 Å². The van der Waals surface area contributed by atoms with Gasteiger partial charge in [0.2, 0.25) is 5.91 Å². The minimum Gasteiger partial charge on any atom is -0.489 e. The average molecular weight is 531 g/mol. The monoisotopic (exact) mass is 530 g/mol. The van der Waals surface area contributed by atoms with Crippen molar-refractivity contribution < 1.29 is 14.3 Å². The van der Waals surface area contributed by atoms with Crippen molar-refractivity contribution in [2.24, 2.45) is 0 Å². The molecule has 7 nitrogen and oxygen atoms in total. The van der Waals surface area contributed by atoms with Crippen LogP contribution in [-0.2, 0) is 22.7 Å². The maximum atomic E-state index is 12.9. The van der Waals surface area contributed by atoms with Crippen LogP contribution < -0.4 is 9.64 Å². The third-order valence-electron chi connectivity index (χ3n) is 6.61. The Balaban J connectivity index is 0.00000304. The van der Waals surface area contributed by atoms with Crippen molar-refractivity contribution in [3.8, 4) is 5.75 Å². The van der Waals surface area contributed by atoms with Crippen LogP contribution in [0.5, 0.6) is 5.75 Å². The highest BCUT2D eigenvalue weighted by Crippen LogP contribution is 2.26. The van der Waals surface area contributed by atoms with E-state index in [1.165, 1.54) is 0 Å². The van der Waals surface area contributed by atoms with Gasteiger partial charge in [0.15, 0.2) is 5.82 Å². The first-order valence-electron chi connectivity index (χ1n) is 12.2. The zero-order valence-electron chi connectivity index (χ0n) is 20.4. The number of hydrogen-bond acceptors (Lipinski definition) is 5. The summed E-state index contributed by atoms with van der Waals surface area (Å²) in [4.78, 5) is 16.9. The number of aromatic nitrogens is 2. The van der Waals surface area contributed by atoms with Crippen molar-refractivity contribution in [2.75, 3.05) is 37.7 Å². The van der Waals surface area contributed by atoms with Gasteiger partial charge in [0.1, 0.15) is 12.4 Å². The fraction of sp³-hybridized carbons (Fsp3) is 0.407. The molecule has 0 spiro atoms. The Labute approximate surface area is 223 Å². The molecule has 3 heterocycles. The number of anilines is 1. The lowest BCUT2D eigenvalue weighted by atomic mass is 10.2. The van der Waals surface area contributed by atoms with Gasteiger partial charge in [-0.05, 0) is 43.5 Å². The van der Waals surface area contributed by atoms with Crippen LogP contribution in [0.25, 0.3) is 0 Å². The number of carbonyl (C=O) groups excluding carboxylic acids is 1. The van der Waals surface area contributed by atoms with Crippen LogP contribution in [0.1, 0.15) is 29.7 Å². The molecule has 1 aromatic heterocycles. The third kappa shape index (κ3) is 6.40. The summed E-state index contributed by atoms with van der Waals surface area (Å²) in [6.07, 6.45) is 2.45. The molecular weight excluding hydrogens is 499 g/mol. The molecule has 9 heteroatoms. The number of aryl methyl sites for hydroxylation is 1. The van der Waals surface area contributed by atoms with E-state index in [4.69, 9.17) is 26.2 Å². The summed E-state index contributed by atoms with van der Waals surface area (Å²) in [5.41, 5.74) is 3.02. The van der Waals surface area contributed by atoms with E-state index in [0.29, 0.717) is 37.1 Å². The molecule has 2 aliphatic heterocycles. The highest BCUT2D eigenvalue weighted by atomic mass is 35.5. The van der Waals surface area contributed by atoms with E-state index in [1.54, 1.807) is 4.90 Å². The topological polar surface area (TPSA) is 59.8 Å². The summed E-state index contributed by atoms with van der Waals surface area (Å²) >= 11 is 6.31. The highest BCUT2D eigenvalue weighted by molar-refractivity contribution is 6.30. The van der Waals surface area contributed by atoms with Crippen LogP contribution in [0.15, 0.2) is 54.6 Å². The van der Waals surface area contributed by atoms with Crippen molar-refractivity contribution in [1.82, 2.24) is 14.7 Å². The van der Waals surface area contributed by atoms with Crippen LogP contribution in [0.2, 0.25) is 5.02 Å². The van der Waals surface area contributed by atoms with Gasteiger partial charge in [-0.1, -0.05) is 41.9 Å². The van der Waals surface area contributed by atoms with Gasteiger partial charge in [0.25, 0.3) is 0 Å². The van der Waals surface area contributed by atoms with Gasteiger partial charge in [-0.25, -0.2) is 0 Å². The molecule has 192 valence electrons. The Morgan fingerprint density at radius 3 is 2.72 bits per heavy atom. The zero-order chi connectivity index (χ0) is 24.2. The molecule has 2 fully saturated rings. The first-order chi connectivity index (χ1) is 17.0. The average Bonchev–Trinajstić information content (AvgIpc) is 3.49. The summed E-state index contributed by atoms with van der Waals surface area (Å²) in [6.45, 7) is 6.50. The molecule has 1 amide bonds. The van der Waals surface area contributed by atoms with Gasteiger partial charge in [-0.2, -0.15) is 5.10 Å². The van der Waals surface area contributed by atoms with E-state index in [1.807, 2.05) is 66.2 Å². The van der Waals surface area contributed by atoms with Gasteiger partial charge in [-0.3, -0.25) is 19.3 Å². The highest BCUT2D eigenvalue weighted by Gasteiger charge is 2.29. The standard InChI is InChI=1S/C27H31ClN4O3.ClH/c1-20-14-26(31-12-11-30(18-27(31)33)17-24-8-5-13-34-24)29-32(20)16-22-15-23(28)9-10-25(22)35-19-21-6-3-2-4-7-21;/h2-4,6-7,9-10,14-15,24H,5,8,11-13,16-19H2,1H3;1H. The molecule has 3 aromatic rings. The summed E-state index contributed by atoms with van der Waals surface area (Å²) < 4.78 is 13.8. The van der Waals surface area contributed by atoms with Gasteiger partial charge in [-0.15, -0.1) is 12.4 Å². The van der Waals surface area contributed by atoms with E-state index in [9.17, 15) is 4.79 Å². The Morgan fingerprint density at radius 2 is 1.97 bits per heavy atom. The van der Waals surface area contributed by atoms with Crippen molar-refractivity contribution in [3.63, 3.8) is 0 Å². The molecule has 5 rings (SSSR count). The molecule has 2 aromatic carbocycles. The maximum Gasteiger partial charge on any atom is 0.242 e. The Kier molecular flexibility index (Phi) is 8.90. The SMILES string of the molecule is Cc1cc(N2CCN(CC3CCCO3)CC2=O)nn1Cc1cc(Cl)ccc1OCc1ccccc1.Cl. The van der Waals surface area contributed by atoms with E-state index < -0.39 is 0 Å². The first-order valence-corrected chi connectivity index (χ1v) is 12.6. The van der Waals surface area contributed by atoms with Crippen LogP contribution in [0.4, 0.5) is 5.82 Å². The number of halogens is 2. The number of amides is 1. The summed E-state index contributed by atoms with van der Waals surface area (Å²) in [5, 5.41) is 5.42. The first kappa shape index (κ1) is 26.5. The molecule has 0 N–H and O–H groups in total. The zero-order valence-corrected chi connectivity index (χ0v) is 22.0. The number of nitrogens with zero attached hydrogens (tertiary/aromatic N) is 4. The number of hydrogen-bond donors (Lipinski definition) is 0. The number of carbonyl (C=O) groups is 1. The molecular formula is C27H32Cl2N4O3. The van der Waals surface area contributed by atoms with Crippen LogP contribution in [-0.4, -0.2) is 59.5 Å². The molecule has 36 heavy (non-hydrogen) atoms. The Hall–Kier alpha value is -2.58. The molecule has 2 aliphatic rings. The summed E-state index contributed by atoms with van der Waals surface area (Å²) in [6, 6.07) is 17.7. The quantitative estimate of drug-likeness (QED) is 0.421. The van der Waals surface area contributed by atoms with Gasteiger partial charge in [0, 0.05) is 48.6 Å². The predicted octanol–water partition coefficient (Wildman–Crippen LogP) is 4.72. The summed E-state index contributed by atoms with van der Waals surface area (Å²) in [7, 11) is 0. The number of benzene rings is 2. The van der Waals surface area contributed by atoms with Crippen molar-refractivity contribution in [2.45, 2.75) is 39.0 Å². The molecule has 0 saturated carbocycles. The van der Waals surface area contributed by atoms with E-state index in [-0.39, 0.29) is 24.4 Å². The summed E-state index contributed by atoms with van der Waals surface area (Å²) in [5.74, 6) is 1.54. The lowest BCUT2D eigenvalue weighted by molar-refractivity contribution is -0.121. The maximum absolute atomic E-state index is 12.9. The Morgan fingerprint density at radius 1 is 1.14 bits per heavy atom. The second-order valence-corrected chi connectivity index (χ2v) is 9.68. The number of rotatable bonds is 8. The van der Waals surface area contributed by atoms with Crippen LogP contribution in [0.3, 0.4) is 0 Å². The fourth-order valence-electron chi connectivity index (χ4n) is 4.69. The van der Waals surface area contributed by atoms with E-state index >= 15 is 0 Å². The second-order valence-electron chi connectivity index (χ2n) is 9.24. The lowest BCUT2D eigenvalue weighted by Gasteiger charge is -2.34. The number of piperazine rings is 1. The molecule has 0 radical (unpaired) electrons. The second kappa shape index (κ2) is 12.1. The van der Waals surface area contributed by atoms with Gasteiger partial charge in [0.05, 0.1) is 19.2 Å². The van der Waals surface area contributed by atoms with Crippen molar-refractivity contribution >= 4 is 35.7 Å². The minimum absolute atomic E-state index is 0. The molecule has 1 atom stereocenters. The minimum atomic E-state index is 0. The van der Waals surface area contributed by atoms with Gasteiger partial charge >= 0.3 is 0 Å². The van der Waals surface area contributed by atoms with Crippen molar-refractivity contribution in [3.05, 3.63) is 76.4 Å². The third-order valence-corrected chi connectivity index (χ3v) is 6.85. The van der Waals surface area contributed by atoms with E-state index in [2.05, 4.69) is 4.90 Å². The van der Waals surface area contributed by atoms with Crippen molar-refractivity contribution in [1.29, 1.82) is 0 Å². The van der Waals surface area contributed by atoms with Gasteiger partial charge < -0.3 is 9.47 Å². The molecule has 1 unspecified atom stereocenters. The smallest absolute Gasteiger partial charge is 0.242 e. The number of ether oxygens (including phenoxy) is 2.